The minimum absolute atomic E-state index is 0.418. The molecular weight excluding hydrogens is 198 g/mol. The molecule has 0 spiro atoms. The molecule has 1 aliphatic carbocycles. The van der Waals surface area contributed by atoms with Crippen LogP contribution in [0.5, 0.6) is 0 Å². The summed E-state index contributed by atoms with van der Waals surface area (Å²) in [5, 5.41) is 4.33. The highest BCUT2D eigenvalue weighted by Gasteiger charge is 2.24. The molecule has 0 bridgehead atoms. The number of aromatic nitrogens is 2. The minimum Gasteiger partial charge on any atom is -0.381 e. The number of nitrogens with zero attached hydrogens (tertiary/aromatic N) is 2. The molecule has 78 valence electrons. The number of aryl methyl sites for hydroxylation is 1. The summed E-state index contributed by atoms with van der Waals surface area (Å²) in [5.41, 5.74) is 0. The zero-order valence-electron chi connectivity index (χ0n) is 8.49. The predicted octanol–water partition coefficient (Wildman–Crippen LogP) is 1.83. The predicted molar refractivity (Wildman–Crippen MR) is 56.7 cm³/mol. The summed E-state index contributed by atoms with van der Waals surface area (Å²) < 4.78 is 9.45. The highest BCUT2D eigenvalue weighted by Crippen LogP contribution is 2.25. The van der Waals surface area contributed by atoms with Crippen molar-refractivity contribution in [3.63, 3.8) is 0 Å². The zero-order chi connectivity index (χ0) is 9.97. The Morgan fingerprint density at radius 3 is 2.93 bits per heavy atom. The normalized spacial score (nSPS) is 26.7. The molecule has 0 saturated heterocycles. The van der Waals surface area contributed by atoms with Gasteiger partial charge in [-0.15, -0.1) is 0 Å². The van der Waals surface area contributed by atoms with Gasteiger partial charge in [-0.25, -0.2) is 4.98 Å². The Bertz CT molecular complexity index is 302. The van der Waals surface area contributed by atoms with Gasteiger partial charge in [-0.05, 0) is 26.2 Å². The van der Waals surface area contributed by atoms with E-state index < -0.39 is 0 Å². The second-order valence-electron chi connectivity index (χ2n) is 3.66. The number of hydrogen-bond donors (Lipinski definition) is 1. The van der Waals surface area contributed by atoms with E-state index in [1.54, 1.807) is 7.11 Å². The van der Waals surface area contributed by atoms with Crippen LogP contribution in [-0.2, 0) is 4.74 Å². The van der Waals surface area contributed by atoms with Gasteiger partial charge in [-0.3, -0.25) is 0 Å². The molecule has 14 heavy (non-hydrogen) atoms. The summed E-state index contributed by atoms with van der Waals surface area (Å²) in [4.78, 5) is 4.28. The van der Waals surface area contributed by atoms with E-state index in [9.17, 15) is 0 Å². The van der Waals surface area contributed by atoms with E-state index >= 15 is 0 Å². The van der Waals surface area contributed by atoms with Crippen molar-refractivity contribution in [3.05, 3.63) is 5.82 Å². The van der Waals surface area contributed by atoms with E-state index in [2.05, 4.69) is 14.7 Å². The number of hydrogen-bond acceptors (Lipinski definition) is 5. The molecule has 0 radical (unpaired) electrons. The number of rotatable bonds is 3. The summed E-state index contributed by atoms with van der Waals surface area (Å²) >= 11 is 1.43. The first-order valence-corrected chi connectivity index (χ1v) is 5.65. The largest absolute Gasteiger partial charge is 0.381 e. The monoisotopic (exact) mass is 213 g/mol. The van der Waals surface area contributed by atoms with Crippen molar-refractivity contribution in [1.29, 1.82) is 0 Å². The Morgan fingerprint density at radius 2 is 2.36 bits per heavy atom. The summed E-state index contributed by atoms with van der Waals surface area (Å²) in [5.74, 6) is 0.846. The van der Waals surface area contributed by atoms with Gasteiger partial charge in [-0.2, -0.15) is 4.37 Å². The van der Waals surface area contributed by atoms with Crippen molar-refractivity contribution < 1.29 is 4.74 Å². The van der Waals surface area contributed by atoms with E-state index in [-0.39, 0.29) is 0 Å². The lowest BCUT2D eigenvalue weighted by Gasteiger charge is -2.10. The number of anilines is 1. The van der Waals surface area contributed by atoms with Crippen molar-refractivity contribution in [2.45, 2.75) is 38.3 Å². The summed E-state index contributed by atoms with van der Waals surface area (Å²) in [6, 6.07) is 0.507. The van der Waals surface area contributed by atoms with Gasteiger partial charge in [-0.1, -0.05) is 0 Å². The lowest BCUT2D eigenvalue weighted by atomic mass is 10.2. The first kappa shape index (κ1) is 9.86. The van der Waals surface area contributed by atoms with Gasteiger partial charge in [0.2, 0.25) is 5.13 Å². The first-order valence-electron chi connectivity index (χ1n) is 4.87. The van der Waals surface area contributed by atoms with Crippen LogP contribution >= 0.6 is 11.5 Å². The van der Waals surface area contributed by atoms with Gasteiger partial charge < -0.3 is 10.1 Å². The molecular formula is C9H15N3OS. The number of methoxy groups -OCH3 is 1. The Labute approximate surface area is 87.9 Å². The van der Waals surface area contributed by atoms with E-state index in [0.717, 1.165) is 30.2 Å². The highest BCUT2D eigenvalue weighted by molar-refractivity contribution is 7.09. The minimum atomic E-state index is 0.418. The van der Waals surface area contributed by atoms with Crippen LogP contribution in [0.25, 0.3) is 0 Å². The van der Waals surface area contributed by atoms with E-state index in [1.165, 1.54) is 11.5 Å². The Morgan fingerprint density at radius 1 is 1.50 bits per heavy atom. The standard InChI is InChI=1S/C9H15N3OS/c1-6-10-9(14-12-6)11-7-3-4-8(5-7)13-2/h7-8H,3-5H2,1-2H3,(H,10,11,12). The van der Waals surface area contributed by atoms with Crippen LogP contribution < -0.4 is 5.32 Å². The van der Waals surface area contributed by atoms with E-state index in [1.807, 2.05) is 6.92 Å². The Balaban J connectivity index is 1.87. The third kappa shape index (κ3) is 2.22. The van der Waals surface area contributed by atoms with Crippen LogP contribution in [0.1, 0.15) is 25.1 Å². The molecule has 2 rings (SSSR count). The third-order valence-corrected chi connectivity index (χ3v) is 3.31. The smallest absolute Gasteiger partial charge is 0.202 e. The van der Waals surface area contributed by atoms with Gasteiger partial charge >= 0.3 is 0 Å². The maximum atomic E-state index is 5.31. The summed E-state index contributed by atoms with van der Waals surface area (Å²) in [7, 11) is 1.78. The summed E-state index contributed by atoms with van der Waals surface area (Å²) in [6.07, 6.45) is 3.81. The molecule has 1 saturated carbocycles. The van der Waals surface area contributed by atoms with Crippen molar-refractivity contribution in [1.82, 2.24) is 9.36 Å². The SMILES string of the molecule is COC1CCC(Nc2nc(C)ns2)C1. The van der Waals surface area contributed by atoms with Crippen LogP contribution in [0, 0.1) is 6.92 Å². The molecule has 0 aliphatic heterocycles. The molecule has 0 aromatic carbocycles. The molecule has 1 heterocycles. The maximum absolute atomic E-state index is 5.31. The van der Waals surface area contributed by atoms with Crippen LogP contribution in [0.4, 0.5) is 5.13 Å². The summed E-state index contributed by atoms with van der Waals surface area (Å²) in [6.45, 7) is 1.91. The molecule has 4 nitrogen and oxygen atoms in total. The average Bonchev–Trinajstić information content (AvgIpc) is 2.76. The molecule has 1 aliphatic rings. The van der Waals surface area contributed by atoms with Gasteiger partial charge in [0.25, 0.3) is 0 Å². The number of ether oxygens (including phenoxy) is 1. The number of nitrogens with one attached hydrogen (secondary N) is 1. The van der Waals surface area contributed by atoms with Gasteiger partial charge in [0.15, 0.2) is 0 Å². The molecule has 1 N–H and O–H groups in total. The van der Waals surface area contributed by atoms with Gasteiger partial charge in [0, 0.05) is 24.7 Å². The molecule has 2 unspecified atom stereocenters. The fourth-order valence-electron chi connectivity index (χ4n) is 1.82. The van der Waals surface area contributed by atoms with Crippen molar-refractivity contribution in [2.24, 2.45) is 0 Å². The molecule has 1 aromatic heterocycles. The maximum Gasteiger partial charge on any atom is 0.202 e. The van der Waals surface area contributed by atoms with E-state index in [4.69, 9.17) is 4.74 Å². The van der Waals surface area contributed by atoms with E-state index in [0.29, 0.717) is 12.1 Å². The average molecular weight is 213 g/mol. The van der Waals surface area contributed by atoms with Crippen LogP contribution in [0.2, 0.25) is 0 Å². The van der Waals surface area contributed by atoms with Crippen LogP contribution in [0.3, 0.4) is 0 Å². The lowest BCUT2D eigenvalue weighted by molar-refractivity contribution is 0.108. The van der Waals surface area contributed by atoms with Crippen LogP contribution in [-0.4, -0.2) is 28.6 Å². The fourth-order valence-corrected chi connectivity index (χ4v) is 2.47. The quantitative estimate of drug-likeness (QED) is 0.832. The van der Waals surface area contributed by atoms with Crippen molar-refractivity contribution in [3.8, 4) is 0 Å². The molecule has 1 aromatic rings. The Hall–Kier alpha value is -0.680. The first-order chi connectivity index (χ1) is 6.78. The zero-order valence-corrected chi connectivity index (χ0v) is 9.30. The second-order valence-corrected chi connectivity index (χ2v) is 4.41. The topological polar surface area (TPSA) is 47.0 Å². The van der Waals surface area contributed by atoms with Gasteiger partial charge in [0.05, 0.1) is 6.10 Å². The lowest BCUT2D eigenvalue weighted by Crippen LogP contribution is -2.17. The molecule has 2 atom stereocenters. The van der Waals surface area contributed by atoms with Crippen LogP contribution in [0.15, 0.2) is 0 Å². The molecule has 1 fully saturated rings. The molecule has 5 heteroatoms. The van der Waals surface area contributed by atoms with Crippen molar-refractivity contribution in [2.75, 3.05) is 12.4 Å². The Kier molecular flexibility index (Phi) is 2.98. The van der Waals surface area contributed by atoms with Crippen molar-refractivity contribution >= 4 is 16.7 Å². The highest BCUT2D eigenvalue weighted by atomic mass is 32.1. The third-order valence-electron chi connectivity index (χ3n) is 2.57. The van der Waals surface area contributed by atoms with Gasteiger partial charge in [0.1, 0.15) is 5.82 Å². The fraction of sp³-hybridized carbons (Fsp3) is 0.778. The second kappa shape index (κ2) is 4.23. The molecule has 0 amide bonds.